The molecule has 0 saturated heterocycles. The third-order valence-electron chi connectivity index (χ3n) is 2.72. The van der Waals surface area contributed by atoms with Crippen LogP contribution in [0.2, 0.25) is 0 Å². The third kappa shape index (κ3) is 3.99. The highest BCUT2D eigenvalue weighted by molar-refractivity contribution is 6.59. The molecule has 0 aliphatic rings. The van der Waals surface area contributed by atoms with Crippen LogP contribution >= 0.6 is 0 Å². The first-order valence-electron chi connectivity index (χ1n) is 5.75. The number of hydrogen-bond donors (Lipinski definition) is 2. The van der Waals surface area contributed by atoms with Crippen molar-refractivity contribution in [3.05, 3.63) is 29.3 Å². The lowest BCUT2D eigenvalue weighted by Gasteiger charge is -2.19. The summed E-state index contributed by atoms with van der Waals surface area (Å²) in [6, 6.07) is 5.76. The molecular weight excluding hydrogens is 199 g/mol. The van der Waals surface area contributed by atoms with Crippen LogP contribution in [0.15, 0.2) is 18.2 Å². The second-order valence-electron chi connectivity index (χ2n) is 5.64. The van der Waals surface area contributed by atoms with Gasteiger partial charge >= 0.3 is 7.12 Å². The minimum atomic E-state index is -1.37. The van der Waals surface area contributed by atoms with Crippen molar-refractivity contribution in [1.29, 1.82) is 0 Å². The van der Waals surface area contributed by atoms with Crippen LogP contribution in [0.1, 0.15) is 38.3 Å². The van der Waals surface area contributed by atoms with Gasteiger partial charge in [0.15, 0.2) is 0 Å². The largest absolute Gasteiger partial charge is 0.488 e. The second-order valence-corrected chi connectivity index (χ2v) is 5.64. The summed E-state index contributed by atoms with van der Waals surface area (Å²) in [4.78, 5) is 0. The average Bonchev–Trinajstić information content (AvgIpc) is 2.13. The summed E-state index contributed by atoms with van der Waals surface area (Å²) >= 11 is 0. The van der Waals surface area contributed by atoms with E-state index in [0.29, 0.717) is 5.46 Å². The van der Waals surface area contributed by atoms with Crippen LogP contribution < -0.4 is 5.46 Å². The molecule has 0 bridgehead atoms. The van der Waals surface area contributed by atoms with Gasteiger partial charge in [-0.3, -0.25) is 0 Å². The van der Waals surface area contributed by atoms with Gasteiger partial charge in [0.1, 0.15) is 0 Å². The van der Waals surface area contributed by atoms with E-state index in [1.54, 1.807) is 6.07 Å². The molecule has 0 atom stereocenters. The zero-order valence-electron chi connectivity index (χ0n) is 10.6. The number of hydrogen-bond acceptors (Lipinski definition) is 2. The summed E-state index contributed by atoms with van der Waals surface area (Å²) in [6.07, 6.45) is 1.92. The lowest BCUT2D eigenvalue weighted by Crippen LogP contribution is -2.33. The molecule has 2 N–H and O–H groups in total. The van der Waals surface area contributed by atoms with Crippen LogP contribution in [0.25, 0.3) is 0 Å². The summed E-state index contributed by atoms with van der Waals surface area (Å²) in [5.74, 6) is 0. The van der Waals surface area contributed by atoms with E-state index in [4.69, 9.17) is 0 Å². The summed E-state index contributed by atoms with van der Waals surface area (Å²) in [5.41, 5.74) is 3.11. The molecule has 1 rings (SSSR count). The Hall–Kier alpha value is -0.795. The van der Waals surface area contributed by atoms with Crippen molar-refractivity contribution in [2.45, 2.75) is 40.5 Å². The minimum absolute atomic E-state index is 0.265. The molecule has 1 aromatic carbocycles. The van der Waals surface area contributed by atoms with Gasteiger partial charge in [-0.2, -0.15) is 0 Å². The van der Waals surface area contributed by atoms with Crippen LogP contribution in [0, 0.1) is 12.3 Å². The van der Waals surface area contributed by atoms with Gasteiger partial charge in [-0.05, 0) is 36.2 Å². The van der Waals surface area contributed by atoms with Gasteiger partial charge in [-0.15, -0.1) is 0 Å². The molecule has 16 heavy (non-hydrogen) atoms. The Morgan fingerprint density at radius 2 is 1.81 bits per heavy atom. The normalized spacial score (nSPS) is 11.6. The molecule has 0 heterocycles. The van der Waals surface area contributed by atoms with Crippen LogP contribution in [-0.2, 0) is 6.42 Å². The highest BCUT2D eigenvalue weighted by atomic mass is 16.4. The molecule has 1 aromatic rings. The van der Waals surface area contributed by atoms with E-state index in [0.717, 1.165) is 24.0 Å². The predicted octanol–water partition coefficient (Wildman–Crippen LogP) is 1.65. The molecule has 0 amide bonds. The van der Waals surface area contributed by atoms with Crippen LogP contribution in [0.5, 0.6) is 0 Å². The maximum Gasteiger partial charge on any atom is 0.488 e. The fourth-order valence-corrected chi connectivity index (χ4v) is 1.71. The number of rotatable bonds is 3. The van der Waals surface area contributed by atoms with Gasteiger partial charge in [-0.25, -0.2) is 0 Å². The molecule has 88 valence electrons. The van der Waals surface area contributed by atoms with Gasteiger partial charge in [0.2, 0.25) is 0 Å². The minimum Gasteiger partial charge on any atom is -0.423 e. The Bertz CT molecular complexity index is 353. The van der Waals surface area contributed by atoms with Crippen molar-refractivity contribution in [3.63, 3.8) is 0 Å². The van der Waals surface area contributed by atoms with E-state index < -0.39 is 7.12 Å². The summed E-state index contributed by atoms with van der Waals surface area (Å²) in [5, 5.41) is 18.6. The van der Waals surface area contributed by atoms with E-state index in [-0.39, 0.29) is 5.41 Å². The van der Waals surface area contributed by atoms with E-state index in [1.807, 2.05) is 19.1 Å². The van der Waals surface area contributed by atoms with Crippen molar-refractivity contribution in [2.24, 2.45) is 5.41 Å². The third-order valence-corrected chi connectivity index (χ3v) is 2.72. The van der Waals surface area contributed by atoms with E-state index in [2.05, 4.69) is 20.8 Å². The van der Waals surface area contributed by atoms with E-state index in [9.17, 15) is 10.0 Å². The zero-order valence-corrected chi connectivity index (χ0v) is 10.6. The summed E-state index contributed by atoms with van der Waals surface area (Å²) in [7, 11) is -1.37. The monoisotopic (exact) mass is 220 g/mol. The van der Waals surface area contributed by atoms with E-state index in [1.165, 1.54) is 0 Å². The number of benzene rings is 1. The van der Waals surface area contributed by atoms with Crippen LogP contribution in [0.4, 0.5) is 0 Å². The molecule has 0 spiro atoms. The molecule has 0 aliphatic carbocycles. The molecule has 0 aromatic heterocycles. The van der Waals surface area contributed by atoms with Gasteiger partial charge in [0.25, 0.3) is 0 Å². The maximum absolute atomic E-state index is 9.28. The highest BCUT2D eigenvalue weighted by Crippen LogP contribution is 2.21. The molecule has 0 unspecified atom stereocenters. The standard InChI is InChI=1S/C13H21BO2/c1-10-5-6-12(14(15)16)11(9-10)7-8-13(2,3)4/h5-6,9,15-16H,7-8H2,1-4H3. The molecular formula is C13H21BO2. The van der Waals surface area contributed by atoms with E-state index >= 15 is 0 Å². The maximum atomic E-state index is 9.28. The first-order valence-corrected chi connectivity index (χ1v) is 5.75. The Morgan fingerprint density at radius 1 is 1.19 bits per heavy atom. The average molecular weight is 220 g/mol. The van der Waals surface area contributed by atoms with Gasteiger partial charge in [-0.1, -0.05) is 44.5 Å². The summed E-state index contributed by atoms with van der Waals surface area (Å²) < 4.78 is 0. The topological polar surface area (TPSA) is 40.5 Å². The van der Waals surface area contributed by atoms with Crippen LogP contribution in [-0.4, -0.2) is 17.2 Å². The first kappa shape index (κ1) is 13.3. The Morgan fingerprint density at radius 3 is 2.31 bits per heavy atom. The van der Waals surface area contributed by atoms with Crippen LogP contribution in [0.3, 0.4) is 0 Å². The molecule has 0 aliphatic heterocycles. The zero-order chi connectivity index (χ0) is 12.3. The molecule has 2 nitrogen and oxygen atoms in total. The lowest BCUT2D eigenvalue weighted by molar-refractivity contribution is 0.377. The van der Waals surface area contributed by atoms with Crippen molar-refractivity contribution in [3.8, 4) is 0 Å². The van der Waals surface area contributed by atoms with Crippen molar-refractivity contribution >= 4 is 12.6 Å². The predicted molar refractivity (Wildman–Crippen MR) is 68.8 cm³/mol. The quantitative estimate of drug-likeness (QED) is 0.760. The lowest BCUT2D eigenvalue weighted by atomic mass is 9.74. The van der Waals surface area contributed by atoms with Gasteiger partial charge in [0, 0.05) is 0 Å². The Balaban J connectivity index is 2.88. The Labute approximate surface area is 98.5 Å². The SMILES string of the molecule is Cc1ccc(B(O)O)c(CCC(C)(C)C)c1. The second kappa shape index (κ2) is 5.02. The van der Waals surface area contributed by atoms with Gasteiger partial charge < -0.3 is 10.0 Å². The molecule has 3 heteroatoms. The smallest absolute Gasteiger partial charge is 0.423 e. The molecule has 0 radical (unpaired) electrons. The summed E-state index contributed by atoms with van der Waals surface area (Å²) in [6.45, 7) is 8.60. The first-order chi connectivity index (χ1) is 7.29. The van der Waals surface area contributed by atoms with Crippen molar-refractivity contribution in [1.82, 2.24) is 0 Å². The molecule has 0 fully saturated rings. The fraction of sp³-hybridized carbons (Fsp3) is 0.538. The Kier molecular flexibility index (Phi) is 4.17. The fourth-order valence-electron chi connectivity index (χ4n) is 1.71. The number of aryl methyl sites for hydroxylation is 2. The van der Waals surface area contributed by atoms with Crippen molar-refractivity contribution in [2.75, 3.05) is 0 Å². The van der Waals surface area contributed by atoms with Gasteiger partial charge in [0.05, 0.1) is 0 Å². The van der Waals surface area contributed by atoms with Crippen molar-refractivity contribution < 1.29 is 10.0 Å². The molecule has 0 saturated carbocycles. The highest BCUT2D eigenvalue weighted by Gasteiger charge is 2.17.